The predicted molar refractivity (Wildman–Crippen MR) is 55.7 cm³/mol. The van der Waals surface area contributed by atoms with Crippen LogP contribution in [0.1, 0.15) is 13.8 Å². The van der Waals surface area contributed by atoms with Crippen LogP contribution < -0.4 is 0 Å². The van der Waals surface area contributed by atoms with Gasteiger partial charge in [0.05, 0.1) is 0 Å². The number of likely N-dealkylation sites (N-methyl/N-ethyl adjacent to an activating group) is 1. The summed E-state index contributed by atoms with van der Waals surface area (Å²) < 4.78 is 40.1. The lowest BCUT2D eigenvalue weighted by atomic mass is 10.1. The number of ether oxygens (including phenoxy) is 1. The molecule has 0 aromatic heterocycles. The zero-order chi connectivity index (χ0) is 13.2. The Morgan fingerprint density at radius 3 is 2.18 bits per heavy atom. The first kappa shape index (κ1) is 14.1. The van der Waals surface area contributed by atoms with E-state index in [9.17, 15) is 18.0 Å². The molecule has 1 amide bonds. The zero-order valence-corrected chi connectivity index (χ0v) is 10.1. The maximum Gasteiger partial charge on any atom is 0.422 e. The van der Waals surface area contributed by atoms with Crippen LogP contribution in [0.4, 0.5) is 18.0 Å². The van der Waals surface area contributed by atoms with Gasteiger partial charge in [0.15, 0.2) is 6.61 Å². The number of alkyl halides is 3. The summed E-state index contributed by atoms with van der Waals surface area (Å²) in [4.78, 5) is 15.0. The van der Waals surface area contributed by atoms with E-state index in [1.54, 1.807) is 13.8 Å². The summed E-state index contributed by atoms with van der Waals surface area (Å²) in [5, 5.41) is 0. The van der Waals surface area contributed by atoms with Gasteiger partial charge >= 0.3 is 12.3 Å². The Labute approximate surface area is 98.3 Å². The number of hydrogen-bond donors (Lipinski definition) is 0. The number of piperazine rings is 1. The van der Waals surface area contributed by atoms with Crippen LogP contribution in [-0.4, -0.2) is 60.9 Å². The molecule has 0 aliphatic carbocycles. The normalized spacial score (nSPS) is 27.1. The minimum Gasteiger partial charge on any atom is -0.440 e. The smallest absolute Gasteiger partial charge is 0.422 e. The molecule has 100 valence electrons. The van der Waals surface area contributed by atoms with Crippen molar-refractivity contribution in [1.29, 1.82) is 0 Å². The first-order valence-corrected chi connectivity index (χ1v) is 5.41. The molecule has 1 rings (SSSR count). The summed E-state index contributed by atoms with van der Waals surface area (Å²) in [7, 11) is 1.91. The third kappa shape index (κ3) is 4.07. The molecule has 1 heterocycles. The Kier molecular flexibility index (Phi) is 4.24. The molecule has 0 aromatic rings. The molecule has 0 radical (unpaired) electrons. The zero-order valence-electron chi connectivity index (χ0n) is 10.1. The topological polar surface area (TPSA) is 32.8 Å². The van der Waals surface area contributed by atoms with E-state index in [1.165, 1.54) is 4.90 Å². The van der Waals surface area contributed by atoms with Gasteiger partial charge in [-0.1, -0.05) is 0 Å². The van der Waals surface area contributed by atoms with Gasteiger partial charge in [0.2, 0.25) is 0 Å². The van der Waals surface area contributed by atoms with Gasteiger partial charge in [-0.05, 0) is 20.9 Å². The average Bonchev–Trinajstić information content (AvgIpc) is 2.11. The molecule has 1 aliphatic heterocycles. The summed E-state index contributed by atoms with van der Waals surface area (Å²) >= 11 is 0. The van der Waals surface area contributed by atoms with E-state index in [4.69, 9.17) is 0 Å². The molecule has 17 heavy (non-hydrogen) atoms. The lowest BCUT2D eigenvalue weighted by Crippen LogP contribution is -2.57. The molecule has 0 bridgehead atoms. The van der Waals surface area contributed by atoms with Gasteiger partial charge in [0, 0.05) is 25.2 Å². The van der Waals surface area contributed by atoms with Gasteiger partial charge in [-0.3, -0.25) is 0 Å². The van der Waals surface area contributed by atoms with Gasteiger partial charge < -0.3 is 14.5 Å². The minimum atomic E-state index is -4.48. The van der Waals surface area contributed by atoms with Crippen LogP contribution in [0, 0.1) is 0 Å². The van der Waals surface area contributed by atoms with Crippen LogP contribution in [0.25, 0.3) is 0 Å². The summed E-state index contributed by atoms with van der Waals surface area (Å²) in [6.07, 6.45) is -5.37. The van der Waals surface area contributed by atoms with Gasteiger partial charge in [0.1, 0.15) is 0 Å². The highest BCUT2D eigenvalue weighted by Crippen LogP contribution is 2.19. The second-order valence-electron chi connectivity index (χ2n) is 4.50. The van der Waals surface area contributed by atoms with E-state index in [-0.39, 0.29) is 12.1 Å². The van der Waals surface area contributed by atoms with Crippen molar-refractivity contribution in [2.24, 2.45) is 0 Å². The third-order valence-electron chi connectivity index (χ3n) is 2.67. The number of carbonyl (C=O) groups excluding carboxylic acids is 1. The number of halogens is 3. The Morgan fingerprint density at radius 1 is 1.29 bits per heavy atom. The molecule has 4 nitrogen and oxygen atoms in total. The third-order valence-corrected chi connectivity index (χ3v) is 2.67. The number of carbonyl (C=O) groups is 1. The molecule has 7 heteroatoms. The Morgan fingerprint density at radius 2 is 1.76 bits per heavy atom. The summed E-state index contributed by atoms with van der Waals surface area (Å²) in [6.45, 7) is 3.32. The molecule has 0 N–H and O–H groups in total. The number of rotatable bonds is 1. The lowest BCUT2D eigenvalue weighted by Gasteiger charge is -2.42. The van der Waals surface area contributed by atoms with Crippen LogP contribution in [0.2, 0.25) is 0 Å². The molecule has 0 saturated carbocycles. The summed E-state index contributed by atoms with van der Waals surface area (Å²) in [5.74, 6) is 0. The molecule has 2 atom stereocenters. The molecule has 1 fully saturated rings. The van der Waals surface area contributed by atoms with E-state index < -0.39 is 18.9 Å². The Hall–Kier alpha value is -0.980. The summed E-state index contributed by atoms with van der Waals surface area (Å²) in [6, 6.07) is -0.297. The summed E-state index contributed by atoms with van der Waals surface area (Å²) in [5.41, 5.74) is 0. The SMILES string of the molecule is CC1CN(C)CC(C)N1C(=O)OCC(F)(F)F. The van der Waals surface area contributed by atoms with Crippen molar-refractivity contribution in [3.63, 3.8) is 0 Å². The van der Waals surface area contributed by atoms with Crippen LogP contribution in [0.5, 0.6) is 0 Å². The minimum absolute atomic E-state index is 0.149. The molecular weight excluding hydrogens is 237 g/mol. The van der Waals surface area contributed by atoms with E-state index in [2.05, 4.69) is 4.74 Å². The average molecular weight is 254 g/mol. The second kappa shape index (κ2) is 5.12. The highest BCUT2D eigenvalue weighted by molar-refractivity contribution is 5.68. The van der Waals surface area contributed by atoms with Gasteiger partial charge in [-0.2, -0.15) is 13.2 Å². The largest absolute Gasteiger partial charge is 0.440 e. The number of amides is 1. The van der Waals surface area contributed by atoms with Crippen LogP contribution >= 0.6 is 0 Å². The second-order valence-corrected chi connectivity index (χ2v) is 4.50. The highest BCUT2D eigenvalue weighted by Gasteiger charge is 2.35. The first-order valence-electron chi connectivity index (χ1n) is 5.41. The number of hydrogen-bond acceptors (Lipinski definition) is 3. The van der Waals surface area contributed by atoms with E-state index in [0.29, 0.717) is 13.1 Å². The van der Waals surface area contributed by atoms with Gasteiger partial charge in [0.25, 0.3) is 0 Å². The fraction of sp³-hybridized carbons (Fsp3) is 0.900. The highest BCUT2D eigenvalue weighted by atomic mass is 19.4. The van der Waals surface area contributed by atoms with Crippen LogP contribution in [0.15, 0.2) is 0 Å². The molecular formula is C10H17F3N2O2. The Bertz CT molecular complexity index is 271. The van der Waals surface area contributed by atoms with Crippen LogP contribution in [-0.2, 0) is 4.74 Å². The fourth-order valence-corrected chi connectivity index (χ4v) is 2.17. The first-order chi connectivity index (χ1) is 7.70. The molecule has 1 saturated heterocycles. The van der Waals surface area contributed by atoms with Crippen molar-refractivity contribution in [3.8, 4) is 0 Å². The van der Waals surface area contributed by atoms with E-state index >= 15 is 0 Å². The predicted octanol–water partition coefficient (Wildman–Crippen LogP) is 1.71. The van der Waals surface area contributed by atoms with E-state index in [0.717, 1.165) is 0 Å². The quantitative estimate of drug-likeness (QED) is 0.714. The molecule has 2 unspecified atom stereocenters. The van der Waals surface area contributed by atoms with E-state index in [1.807, 2.05) is 11.9 Å². The van der Waals surface area contributed by atoms with Crippen molar-refractivity contribution in [1.82, 2.24) is 9.80 Å². The fourth-order valence-electron chi connectivity index (χ4n) is 2.17. The van der Waals surface area contributed by atoms with Gasteiger partial charge in [-0.15, -0.1) is 0 Å². The lowest BCUT2D eigenvalue weighted by molar-refractivity contribution is -0.164. The van der Waals surface area contributed by atoms with Crippen molar-refractivity contribution in [3.05, 3.63) is 0 Å². The van der Waals surface area contributed by atoms with Crippen molar-refractivity contribution in [2.75, 3.05) is 26.7 Å². The van der Waals surface area contributed by atoms with Crippen LogP contribution in [0.3, 0.4) is 0 Å². The Balaban J connectivity index is 2.56. The number of nitrogens with zero attached hydrogens (tertiary/aromatic N) is 2. The molecule has 1 aliphatic rings. The maximum absolute atomic E-state index is 11.9. The standard InChI is InChI=1S/C10H17F3N2O2/c1-7-4-14(3)5-8(2)15(7)9(16)17-6-10(11,12)13/h7-8H,4-6H2,1-3H3. The van der Waals surface area contributed by atoms with Crippen molar-refractivity contribution < 1.29 is 22.7 Å². The molecule has 0 spiro atoms. The maximum atomic E-state index is 11.9. The van der Waals surface area contributed by atoms with Crippen molar-refractivity contribution >= 4 is 6.09 Å². The van der Waals surface area contributed by atoms with Gasteiger partial charge in [-0.25, -0.2) is 4.79 Å². The molecule has 0 aromatic carbocycles. The monoisotopic (exact) mass is 254 g/mol. The van der Waals surface area contributed by atoms with Crippen molar-refractivity contribution in [2.45, 2.75) is 32.1 Å².